The molecule has 0 radical (unpaired) electrons. The number of nitrogens with zero attached hydrogens (tertiary/aromatic N) is 1. The monoisotopic (exact) mass is 388 g/mol. The van der Waals surface area contributed by atoms with E-state index in [1.165, 1.54) is 12.1 Å². The maximum absolute atomic E-state index is 12.8. The van der Waals surface area contributed by atoms with Crippen LogP contribution in [0.2, 0.25) is 0 Å². The summed E-state index contributed by atoms with van der Waals surface area (Å²) in [6, 6.07) is 5.93. The van der Waals surface area contributed by atoms with Gasteiger partial charge in [0.25, 0.3) is 5.91 Å². The number of carbonyl (C=O) groups is 4. The molecule has 8 heteroatoms. The van der Waals surface area contributed by atoms with Gasteiger partial charge in [-0.25, -0.2) is 4.39 Å². The third kappa shape index (κ3) is 4.62. The molecule has 0 saturated carbocycles. The molecule has 1 saturated heterocycles. The summed E-state index contributed by atoms with van der Waals surface area (Å²) in [7, 11) is 0. The molecule has 0 bridgehead atoms. The molecule has 1 aromatic rings. The van der Waals surface area contributed by atoms with Crippen molar-refractivity contribution < 1.29 is 28.3 Å². The van der Waals surface area contributed by atoms with Crippen molar-refractivity contribution in [2.75, 3.05) is 19.7 Å². The number of rotatable bonds is 7. The Morgan fingerprint density at radius 3 is 2.29 bits per heavy atom. The molecule has 2 aliphatic rings. The minimum absolute atomic E-state index is 0.307. The average molecular weight is 388 g/mol. The third-order valence-electron chi connectivity index (χ3n) is 4.90. The average Bonchev–Trinajstić information content (AvgIpc) is 2.93. The summed E-state index contributed by atoms with van der Waals surface area (Å²) in [6.07, 6.45) is 5.23. The highest BCUT2D eigenvalue weighted by atomic mass is 19.1. The van der Waals surface area contributed by atoms with Crippen LogP contribution in [0.4, 0.5) is 4.39 Å². The highest BCUT2D eigenvalue weighted by Crippen LogP contribution is 2.34. The highest BCUT2D eigenvalue weighted by Gasteiger charge is 2.47. The minimum Gasteiger partial charge on any atom is -0.454 e. The molecule has 28 heavy (non-hydrogen) atoms. The molecule has 1 aliphatic heterocycles. The van der Waals surface area contributed by atoms with E-state index in [1.54, 1.807) is 12.1 Å². The number of amides is 3. The standard InChI is InChI=1S/C20H21FN2O5/c21-14-7-5-13(6-8-14)9-10-22-17(24)12-28-18(25)11-23-19(26)15-3-1-2-4-16(15)20(23)27/h1-2,5-8,15-16H,3-4,9-12H2,(H,22,24)/t15-,16+. The van der Waals surface area contributed by atoms with E-state index < -0.39 is 36.9 Å². The van der Waals surface area contributed by atoms with Crippen LogP contribution in [0.25, 0.3) is 0 Å². The second-order valence-corrected chi connectivity index (χ2v) is 6.81. The summed E-state index contributed by atoms with van der Waals surface area (Å²) in [4.78, 5) is 49.2. The van der Waals surface area contributed by atoms with Crippen LogP contribution in [0.1, 0.15) is 18.4 Å². The Labute approximate surface area is 161 Å². The number of fused-ring (bicyclic) bond motifs is 1. The maximum Gasteiger partial charge on any atom is 0.326 e. The van der Waals surface area contributed by atoms with Gasteiger partial charge in [0.05, 0.1) is 11.8 Å². The summed E-state index contributed by atoms with van der Waals surface area (Å²) >= 11 is 0. The Kier molecular flexibility index (Phi) is 6.18. The van der Waals surface area contributed by atoms with E-state index in [0.717, 1.165) is 10.5 Å². The lowest BCUT2D eigenvalue weighted by atomic mass is 9.85. The summed E-state index contributed by atoms with van der Waals surface area (Å²) in [5.74, 6) is -3.15. The van der Waals surface area contributed by atoms with Gasteiger partial charge in [-0.15, -0.1) is 0 Å². The number of hydrogen-bond acceptors (Lipinski definition) is 5. The largest absolute Gasteiger partial charge is 0.454 e. The molecule has 7 nitrogen and oxygen atoms in total. The zero-order chi connectivity index (χ0) is 20.1. The minimum atomic E-state index is -0.804. The van der Waals surface area contributed by atoms with Crippen molar-refractivity contribution in [3.05, 3.63) is 47.8 Å². The van der Waals surface area contributed by atoms with Gasteiger partial charge in [0, 0.05) is 6.54 Å². The van der Waals surface area contributed by atoms with Crippen LogP contribution < -0.4 is 5.32 Å². The van der Waals surface area contributed by atoms with Crippen LogP contribution in [0.3, 0.4) is 0 Å². The number of esters is 1. The van der Waals surface area contributed by atoms with E-state index >= 15 is 0 Å². The zero-order valence-corrected chi connectivity index (χ0v) is 15.2. The number of imide groups is 1. The first-order valence-electron chi connectivity index (χ1n) is 9.12. The number of halogens is 1. The van der Waals surface area contributed by atoms with Gasteiger partial charge in [0.15, 0.2) is 6.61 Å². The number of nitrogens with one attached hydrogen (secondary N) is 1. The maximum atomic E-state index is 12.8. The van der Waals surface area contributed by atoms with Crippen molar-refractivity contribution in [2.45, 2.75) is 19.3 Å². The molecule has 0 aromatic heterocycles. The fourth-order valence-electron chi connectivity index (χ4n) is 3.39. The van der Waals surface area contributed by atoms with Crippen LogP contribution in [0.5, 0.6) is 0 Å². The molecular formula is C20H21FN2O5. The lowest BCUT2D eigenvalue weighted by Crippen LogP contribution is -2.38. The molecule has 1 aromatic carbocycles. The molecular weight excluding hydrogens is 367 g/mol. The molecule has 3 amide bonds. The van der Waals surface area contributed by atoms with Gasteiger partial charge >= 0.3 is 5.97 Å². The molecule has 3 rings (SSSR count). The van der Waals surface area contributed by atoms with Crippen LogP contribution in [0.15, 0.2) is 36.4 Å². The van der Waals surface area contributed by atoms with Crippen molar-refractivity contribution in [3.8, 4) is 0 Å². The van der Waals surface area contributed by atoms with Crippen LogP contribution in [-0.4, -0.2) is 48.3 Å². The summed E-state index contributed by atoms with van der Waals surface area (Å²) in [6.45, 7) is -0.665. The van der Waals surface area contributed by atoms with Gasteiger partial charge in [-0.1, -0.05) is 24.3 Å². The first-order chi connectivity index (χ1) is 13.5. The van der Waals surface area contributed by atoms with Crippen molar-refractivity contribution in [3.63, 3.8) is 0 Å². The lowest BCUT2D eigenvalue weighted by Gasteiger charge is -2.14. The number of ether oxygens (including phenoxy) is 1. The van der Waals surface area contributed by atoms with E-state index in [-0.39, 0.29) is 17.6 Å². The third-order valence-corrected chi connectivity index (χ3v) is 4.90. The topological polar surface area (TPSA) is 92.8 Å². The Hall–Kier alpha value is -3.03. The smallest absolute Gasteiger partial charge is 0.326 e. The normalized spacial score (nSPS) is 20.8. The van der Waals surface area contributed by atoms with Crippen LogP contribution >= 0.6 is 0 Å². The lowest BCUT2D eigenvalue weighted by molar-refractivity contribution is -0.154. The first-order valence-corrected chi connectivity index (χ1v) is 9.12. The van der Waals surface area contributed by atoms with Crippen LogP contribution in [-0.2, 0) is 30.3 Å². The SMILES string of the molecule is O=C(COC(=O)CN1C(=O)[C@H]2CC=CC[C@H]2C1=O)NCCc1ccc(F)cc1. The first kappa shape index (κ1) is 19.7. The predicted molar refractivity (Wildman–Crippen MR) is 96.1 cm³/mol. The molecule has 1 heterocycles. The van der Waals surface area contributed by atoms with Crippen molar-refractivity contribution in [2.24, 2.45) is 11.8 Å². The molecule has 0 spiro atoms. The molecule has 2 atom stereocenters. The van der Waals surface area contributed by atoms with Gasteiger partial charge in [0.1, 0.15) is 12.4 Å². The second kappa shape index (κ2) is 8.77. The zero-order valence-electron chi connectivity index (χ0n) is 15.2. The number of likely N-dealkylation sites (tertiary alicyclic amines) is 1. The molecule has 0 unspecified atom stereocenters. The van der Waals surface area contributed by atoms with Crippen LogP contribution in [0, 0.1) is 17.7 Å². The molecule has 1 fully saturated rings. The number of benzene rings is 1. The van der Waals surface area contributed by atoms with E-state index in [0.29, 0.717) is 25.8 Å². The van der Waals surface area contributed by atoms with Gasteiger partial charge in [0.2, 0.25) is 11.8 Å². The van der Waals surface area contributed by atoms with Gasteiger partial charge < -0.3 is 10.1 Å². The molecule has 1 N–H and O–H groups in total. The number of carbonyl (C=O) groups excluding carboxylic acids is 4. The van der Waals surface area contributed by atoms with Gasteiger partial charge in [-0.2, -0.15) is 0 Å². The van der Waals surface area contributed by atoms with Crippen molar-refractivity contribution >= 4 is 23.7 Å². The fourth-order valence-corrected chi connectivity index (χ4v) is 3.39. The van der Waals surface area contributed by atoms with Crippen molar-refractivity contribution in [1.82, 2.24) is 10.2 Å². The predicted octanol–water partition coefficient (Wildman–Crippen LogP) is 0.979. The Bertz CT molecular complexity index is 779. The van der Waals surface area contributed by atoms with Gasteiger partial charge in [-0.3, -0.25) is 24.1 Å². The summed E-state index contributed by atoms with van der Waals surface area (Å²) in [5, 5.41) is 2.59. The van der Waals surface area contributed by atoms with E-state index in [1.807, 2.05) is 12.2 Å². The Morgan fingerprint density at radius 1 is 1.07 bits per heavy atom. The van der Waals surface area contributed by atoms with Crippen molar-refractivity contribution in [1.29, 1.82) is 0 Å². The fraction of sp³-hybridized carbons (Fsp3) is 0.400. The number of allylic oxidation sites excluding steroid dienone is 2. The highest BCUT2D eigenvalue weighted by molar-refractivity contribution is 6.07. The molecule has 1 aliphatic carbocycles. The second-order valence-electron chi connectivity index (χ2n) is 6.81. The van der Waals surface area contributed by atoms with Gasteiger partial charge in [-0.05, 0) is 37.0 Å². The van der Waals surface area contributed by atoms with E-state index in [2.05, 4.69) is 5.32 Å². The van der Waals surface area contributed by atoms with E-state index in [4.69, 9.17) is 4.74 Å². The summed E-state index contributed by atoms with van der Waals surface area (Å²) < 4.78 is 17.7. The quantitative estimate of drug-likeness (QED) is 0.427. The number of hydrogen-bond donors (Lipinski definition) is 1. The summed E-state index contributed by atoms with van der Waals surface area (Å²) in [5.41, 5.74) is 0.862. The Morgan fingerprint density at radius 2 is 1.68 bits per heavy atom. The molecule has 148 valence electrons. The Balaban J connectivity index is 1.38. The van der Waals surface area contributed by atoms with E-state index in [9.17, 15) is 23.6 Å².